The van der Waals surface area contributed by atoms with Crippen LogP contribution < -0.4 is 10.6 Å². The smallest absolute Gasteiger partial charge is 0.139 e. The number of benzene rings is 1. The van der Waals surface area contributed by atoms with Gasteiger partial charge in [-0.05, 0) is 37.8 Å². The molecule has 0 bridgehead atoms. The van der Waals surface area contributed by atoms with E-state index in [1.165, 1.54) is 17.7 Å². The predicted octanol–water partition coefficient (Wildman–Crippen LogP) is 2.35. The van der Waals surface area contributed by atoms with Crippen LogP contribution in [-0.2, 0) is 6.42 Å². The molecule has 1 aliphatic rings. The molecule has 2 rings (SSSR count). The number of anilines is 1. The molecule has 0 spiro atoms. The molecular formula is C14H21N3O. The summed E-state index contributed by atoms with van der Waals surface area (Å²) in [5.74, 6) is 0.313. The molecule has 0 saturated carbocycles. The van der Waals surface area contributed by atoms with Crippen molar-refractivity contribution in [1.29, 1.82) is 0 Å². The van der Waals surface area contributed by atoms with Gasteiger partial charge in [0.15, 0.2) is 0 Å². The average Bonchev–Trinajstić information content (AvgIpc) is 2.41. The summed E-state index contributed by atoms with van der Waals surface area (Å²) in [6.07, 6.45) is 3.91. The van der Waals surface area contributed by atoms with Gasteiger partial charge in [-0.2, -0.15) is 0 Å². The van der Waals surface area contributed by atoms with Gasteiger partial charge in [-0.1, -0.05) is 23.4 Å². The number of hydrogen-bond donors (Lipinski definition) is 2. The normalized spacial score (nSPS) is 19.7. The molecule has 1 atom stereocenters. The minimum Gasteiger partial charge on any atom is -0.409 e. The van der Waals surface area contributed by atoms with Crippen LogP contribution >= 0.6 is 0 Å². The topological polar surface area (TPSA) is 61.8 Å². The number of nitrogens with zero attached hydrogens (tertiary/aromatic N) is 2. The Morgan fingerprint density at radius 1 is 1.50 bits per heavy atom. The van der Waals surface area contributed by atoms with E-state index in [-0.39, 0.29) is 0 Å². The third kappa shape index (κ3) is 2.75. The van der Waals surface area contributed by atoms with Gasteiger partial charge in [0.25, 0.3) is 0 Å². The van der Waals surface area contributed by atoms with Crippen LogP contribution in [0.5, 0.6) is 0 Å². The summed E-state index contributed by atoms with van der Waals surface area (Å²) in [5.41, 5.74) is 8.27. The lowest BCUT2D eigenvalue weighted by molar-refractivity contribution is 0.316. The van der Waals surface area contributed by atoms with Crippen molar-refractivity contribution in [2.75, 3.05) is 11.4 Å². The number of nitrogens with two attached hydrogens (primary N) is 1. The molecule has 98 valence electrons. The third-order valence-corrected chi connectivity index (χ3v) is 3.62. The van der Waals surface area contributed by atoms with Crippen LogP contribution in [-0.4, -0.2) is 23.6 Å². The lowest BCUT2D eigenvalue weighted by Crippen LogP contribution is -2.38. The van der Waals surface area contributed by atoms with Gasteiger partial charge in [0, 0.05) is 24.7 Å². The minimum absolute atomic E-state index is 0.313. The number of hydrogen-bond acceptors (Lipinski definition) is 3. The fourth-order valence-electron chi connectivity index (χ4n) is 2.58. The fraction of sp³-hybridized carbons (Fsp3) is 0.500. The number of amidine groups is 1. The number of fused-ring (bicyclic) bond motifs is 1. The highest BCUT2D eigenvalue weighted by atomic mass is 16.4. The molecule has 0 aliphatic carbocycles. The highest BCUT2D eigenvalue weighted by Gasteiger charge is 2.21. The van der Waals surface area contributed by atoms with E-state index < -0.39 is 0 Å². The molecular weight excluding hydrogens is 226 g/mol. The number of oxime groups is 1. The molecule has 0 amide bonds. The van der Waals surface area contributed by atoms with Crippen molar-refractivity contribution < 1.29 is 5.21 Å². The van der Waals surface area contributed by atoms with E-state index in [0.717, 1.165) is 19.4 Å². The molecule has 4 nitrogen and oxygen atoms in total. The van der Waals surface area contributed by atoms with Gasteiger partial charge in [-0.3, -0.25) is 0 Å². The lowest BCUT2D eigenvalue weighted by atomic mass is 9.96. The van der Waals surface area contributed by atoms with Crippen molar-refractivity contribution in [2.45, 2.75) is 38.6 Å². The number of rotatable bonds is 4. The van der Waals surface area contributed by atoms with E-state index in [1.807, 2.05) is 0 Å². The maximum Gasteiger partial charge on any atom is 0.139 e. The fourth-order valence-corrected chi connectivity index (χ4v) is 2.58. The Hall–Kier alpha value is -1.71. The zero-order valence-corrected chi connectivity index (χ0v) is 10.8. The van der Waals surface area contributed by atoms with E-state index in [1.54, 1.807) is 0 Å². The van der Waals surface area contributed by atoms with Crippen LogP contribution in [0.2, 0.25) is 0 Å². The Kier molecular flexibility index (Phi) is 4.07. The molecule has 1 aliphatic heterocycles. The predicted molar refractivity (Wildman–Crippen MR) is 74.2 cm³/mol. The third-order valence-electron chi connectivity index (χ3n) is 3.62. The average molecular weight is 247 g/mol. The Morgan fingerprint density at radius 3 is 3.06 bits per heavy atom. The van der Waals surface area contributed by atoms with E-state index in [0.29, 0.717) is 18.3 Å². The molecule has 3 N–H and O–H groups in total. The van der Waals surface area contributed by atoms with E-state index in [4.69, 9.17) is 10.9 Å². The van der Waals surface area contributed by atoms with Crippen LogP contribution in [0.1, 0.15) is 31.7 Å². The summed E-state index contributed by atoms with van der Waals surface area (Å²) >= 11 is 0. The quantitative estimate of drug-likeness (QED) is 0.371. The molecule has 0 aromatic heterocycles. The van der Waals surface area contributed by atoms with E-state index in [2.05, 4.69) is 41.2 Å². The van der Waals surface area contributed by atoms with Crippen molar-refractivity contribution in [2.24, 2.45) is 10.9 Å². The van der Waals surface area contributed by atoms with Gasteiger partial charge in [0.2, 0.25) is 0 Å². The Morgan fingerprint density at radius 2 is 2.28 bits per heavy atom. The van der Waals surface area contributed by atoms with Crippen LogP contribution in [0.15, 0.2) is 29.4 Å². The molecule has 4 heteroatoms. The molecule has 18 heavy (non-hydrogen) atoms. The summed E-state index contributed by atoms with van der Waals surface area (Å²) in [6.45, 7) is 3.22. The summed E-state index contributed by atoms with van der Waals surface area (Å²) in [6, 6.07) is 9.15. The van der Waals surface area contributed by atoms with Gasteiger partial charge >= 0.3 is 0 Å². The van der Waals surface area contributed by atoms with Crippen LogP contribution in [0.4, 0.5) is 5.69 Å². The summed E-state index contributed by atoms with van der Waals surface area (Å²) in [4.78, 5) is 2.43. The second-order valence-corrected chi connectivity index (χ2v) is 4.90. The van der Waals surface area contributed by atoms with Crippen LogP contribution in [0, 0.1) is 0 Å². The molecule has 1 aromatic rings. The molecule has 0 radical (unpaired) electrons. The summed E-state index contributed by atoms with van der Waals surface area (Å²) < 4.78 is 0. The zero-order chi connectivity index (χ0) is 13.0. The van der Waals surface area contributed by atoms with Crippen LogP contribution in [0.25, 0.3) is 0 Å². The van der Waals surface area contributed by atoms with Crippen molar-refractivity contribution in [3.05, 3.63) is 29.8 Å². The maximum absolute atomic E-state index is 8.53. The van der Waals surface area contributed by atoms with Crippen molar-refractivity contribution >= 4 is 11.5 Å². The van der Waals surface area contributed by atoms with Gasteiger partial charge in [0.1, 0.15) is 5.84 Å². The second kappa shape index (κ2) is 5.76. The highest BCUT2D eigenvalue weighted by Crippen LogP contribution is 2.30. The first kappa shape index (κ1) is 12.7. The number of aryl methyl sites for hydroxylation is 1. The first-order chi connectivity index (χ1) is 8.72. The molecule has 0 saturated heterocycles. The van der Waals surface area contributed by atoms with E-state index >= 15 is 0 Å². The van der Waals surface area contributed by atoms with Gasteiger partial charge < -0.3 is 15.8 Å². The lowest BCUT2D eigenvalue weighted by Gasteiger charge is -2.37. The van der Waals surface area contributed by atoms with E-state index in [9.17, 15) is 0 Å². The largest absolute Gasteiger partial charge is 0.409 e. The zero-order valence-electron chi connectivity index (χ0n) is 10.8. The molecule has 1 unspecified atom stereocenters. The second-order valence-electron chi connectivity index (χ2n) is 4.90. The maximum atomic E-state index is 8.53. The molecule has 0 fully saturated rings. The van der Waals surface area contributed by atoms with Gasteiger partial charge in [-0.25, -0.2) is 0 Å². The number of para-hydroxylation sites is 1. The summed E-state index contributed by atoms with van der Waals surface area (Å²) in [7, 11) is 0. The first-order valence-corrected chi connectivity index (χ1v) is 6.53. The summed E-state index contributed by atoms with van der Waals surface area (Å²) in [5, 5.41) is 11.5. The standard InChI is InChI=1S/C14H21N3O/c1-11-8-9-12-5-2-3-6-13(12)17(11)10-4-7-14(15)16-18/h2-3,5-6,11,18H,4,7-10H2,1H3,(H2,15,16). The minimum atomic E-state index is 0.313. The molecule has 1 aromatic carbocycles. The van der Waals surface area contributed by atoms with Gasteiger partial charge in [-0.15, -0.1) is 0 Å². The SMILES string of the molecule is CC1CCc2ccccc2N1CCC/C(N)=N/O. The first-order valence-electron chi connectivity index (χ1n) is 6.53. The monoisotopic (exact) mass is 247 g/mol. The van der Waals surface area contributed by atoms with Gasteiger partial charge in [0.05, 0.1) is 0 Å². The Balaban J connectivity index is 2.03. The van der Waals surface area contributed by atoms with Crippen molar-refractivity contribution in [3.63, 3.8) is 0 Å². The Bertz CT molecular complexity index is 431. The van der Waals surface area contributed by atoms with Crippen molar-refractivity contribution in [1.82, 2.24) is 0 Å². The molecule has 1 heterocycles. The van der Waals surface area contributed by atoms with Crippen LogP contribution in [0.3, 0.4) is 0 Å². The Labute approximate surface area is 108 Å². The highest BCUT2D eigenvalue weighted by molar-refractivity contribution is 5.79. The van der Waals surface area contributed by atoms with Crippen molar-refractivity contribution in [3.8, 4) is 0 Å².